The molecule has 0 amide bonds. The summed E-state index contributed by atoms with van der Waals surface area (Å²) < 4.78 is 1.29. The molecule has 0 saturated heterocycles. The number of Topliss-reactive ketones (excluding diaryl/α,β-unsaturated/α-hetero) is 1. The van der Waals surface area contributed by atoms with Crippen LogP contribution in [-0.4, -0.2) is 16.8 Å². The van der Waals surface area contributed by atoms with Crippen LogP contribution < -0.4 is 0 Å². The molecule has 3 heteroatoms. The van der Waals surface area contributed by atoms with E-state index in [-0.39, 0.29) is 0 Å². The maximum absolute atomic E-state index is 12.1. The van der Waals surface area contributed by atoms with Gasteiger partial charge in [-0.05, 0) is 35.2 Å². The van der Waals surface area contributed by atoms with E-state index in [0.29, 0.717) is 18.0 Å². The van der Waals surface area contributed by atoms with Crippen molar-refractivity contribution in [3.05, 3.63) is 35.2 Å². The van der Waals surface area contributed by atoms with Crippen LogP contribution in [0.2, 0.25) is 0 Å². The number of carbonyl (C=O) groups is 1. The van der Waals surface area contributed by atoms with Crippen LogP contribution in [0.1, 0.15) is 31.2 Å². The van der Waals surface area contributed by atoms with Crippen molar-refractivity contribution in [2.24, 2.45) is 0 Å². The molecule has 100 valence electrons. The first-order chi connectivity index (χ1) is 9.33. The third-order valence-corrected chi connectivity index (χ3v) is 6.17. The Labute approximate surface area is 122 Å². The van der Waals surface area contributed by atoms with Crippen molar-refractivity contribution in [1.29, 1.82) is 0 Å². The minimum atomic E-state index is 0.375. The van der Waals surface area contributed by atoms with Gasteiger partial charge in [0, 0.05) is 16.4 Å². The Morgan fingerprint density at radius 3 is 2.89 bits per heavy atom. The number of hydrogen-bond donors (Lipinski definition) is 0. The first kappa shape index (κ1) is 13.2. The predicted molar refractivity (Wildman–Crippen MR) is 85.3 cm³/mol. The number of fused-ring (bicyclic) bond motifs is 1. The summed E-state index contributed by atoms with van der Waals surface area (Å²) in [4.78, 5) is 12.1. The molecule has 1 heterocycles. The normalized spacial score (nSPS) is 16.2. The number of benzene rings is 1. The van der Waals surface area contributed by atoms with Crippen LogP contribution in [0.5, 0.6) is 0 Å². The topological polar surface area (TPSA) is 17.1 Å². The zero-order chi connectivity index (χ0) is 13.1. The largest absolute Gasteiger partial charge is 0.298 e. The molecule has 0 spiro atoms. The lowest BCUT2D eigenvalue weighted by molar-refractivity contribution is -0.115. The van der Waals surface area contributed by atoms with Crippen molar-refractivity contribution in [3.8, 4) is 0 Å². The summed E-state index contributed by atoms with van der Waals surface area (Å²) in [6.45, 7) is 0. The minimum absolute atomic E-state index is 0.375. The van der Waals surface area contributed by atoms with Gasteiger partial charge in [0.05, 0.1) is 5.75 Å². The fourth-order valence-corrected chi connectivity index (χ4v) is 4.85. The van der Waals surface area contributed by atoms with E-state index in [9.17, 15) is 4.79 Å². The molecule has 1 aromatic heterocycles. The molecule has 3 rings (SSSR count). The molecular weight excluding hydrogens is 272 g/mol. The highest BCUT2D eigenvalue weighted by Crippen LogP contribution is 2.30. The van der Waals surface area contributed by atoms with E-state index in [4.69, 9.17) is 0 Å². The third kappa shape index (κ3) is 3.21. The monoisotopic (exact) mass is 290 g/mol. The first-order valence-electron chi connectivity index (χ1n) is 6.91. The van der Waals surface area contributed by atoms with Crippen LogP contribution in [0, 0.1) is 0 Å². The van der Waals surface area contributed by atoms with Gasteiger partial charge in [0.1, 0.15) is 5.78 Å². The van der Waals surface area contributed by atoms with Crippen molar-refractivity contribution < 1.29 is 4.79 Å². The van der Waals surface area contributed by atoms with E-state index >= 15 is 0 Å². The van der Waals surface area contributed by atoms with Crippen LogP contribution in [0.15, 0.2) is 29.6 Å². The molecule has 1 nitrogen and oxygen atoms in total. The lowest BCUT2D eigenvalue weighted by atomic mass is 10.1. The second-order valence-corrected chi connectivity index (χ2v) is 7.39. The Kier molecular flexibility index (Phi) is 4.24. The maximum Gasteiger partial charge on any atom is 0.147 e. The molecule has 0 unspecified atom stereocenters. The number of rotatable bonds is 5. The fraction of sp³-hybridized carbons (Fsp3) is 0.438. The molecular formula is C16H18OS2. The fourth-order valence-electron chi connectivity index (χ4n) is 2.70. The van der Waals surface area contributed by atoms with Gasteiger partial charge in [-0.15, -0.1) is 11.3 Å². The third-order valence-electron chi connectivity index (χ3n) is 3.73. The average molecular weight is 290 g/mol. The highest BCUT2D eigenvalue weighted by molar-refractivity contribution is 8.00. The Morgan fingerprint density at radius 2 is 2.05 bits per heavy atom. The summed E-state index contributed by atoms with van der Waals surface area (Å²) in [6, 6.07) is 8.36. The quantitative estimate of drug-likeness (QED) is 0.794. The molecule has 0 bridgehead atoms. The Hall–Kier alpha value is -0.800. The van der Waals surface area contributed by atoms with Crippen LogP contribution in [0.3, 0.4) is 0 Å². The van der Waals surface area contributed by atoms with Crippen molar-refractivity contribution in [2.75, 3.05) is 5.75 Å². The second kappa shape index (κ2) is 6.10. The molecule has 1 aromatic carbocycles. The summed E-state index contributed by atoms with van der Waals surface area (Å²) in [7, 11) is 0. The van der Waals surface area contributed by atoms with Crippen molar-refractivity contribution in [3.63, 3.8) is 0 Å². The van der Waals surface area contributed by atoms with Crippen LogP contribution in [-0.2, 0) is 11.2 Å². The summed E-state index contributed by atoms with van der Waals surface area (Å²) in [5.74, 6) is 1.06. The summed E-state index contributed by atoms with van der Waals surface area (Å²) in [5, 5.41) is 4.14. The molecule has 0 atom stereocenters. The van der Waals surface area contributed by atoms with Gasteiger partial charge in [0.2, 0.25) is 0 Å². The van der Waals surface area contributed by atoms with Gasteiger partial charge in [-0.25, -0.2) is 0 Å². The minimum Gasteiger partial charge on any atom is -0.298 e. The van der Waals surface area contributed by atoms with Gasteiger partial charge >= 0.3 is 0 Å². The van der Waals surface area contributed by atoms with Gasteiger partial charge in [-0.2, -0.15) is 11.8 Å². The number of thiophene rings is 1. The standard InChI is InChI=1S/C16H18OS2/c17-13(11-18-14-5-1-2-6-14)9-12-10-19-16-8-4-3-7-15(12)16/h3-4,7-8,10,14H,1-2,5-6,9,11H2. The van der Waals surface area contributed by atoms with Crippen molar-refractivity contribution in [1.82, 2.24) is 0 Å². The molecule has 0 radical (unpaired) electrons. The highest BCUT2D eigenvalue weighted by atomic mass is 32.2. The average Bonchev–Trinajstić information content (AvgIpc) is 3.07. The number of thioether (sulfide) groups is 1. The van der Waals surface area contributed by atoms with Gasteiger partial charge in [0.15, 0.2) is 0 Å². The molecule has 2 aromatic rings. The zero-order valence-corrected chi connectivity index (χ0v) is 12.6. The van der Waals surface area contributed by atoms with Crippen LogP contribution in [0.25, 0.3) is 10.1 Å². The summed E-state index contributed by atoms with van der Waals surface area (Å²) >= 11 is 3.61. The molecule has 19 heavy (non-hydrogen) atoms. The van der Waals surface area contributed by atoms with E-state index in [1.165, 1.54) is 41.3 Å². The van der Waals surface area contributed by atoms with E-state index < -0.39 is 0 Å². The molecule has 1 aliphatic carbocycles. The van der Waals surface area contributed by atoms with Gasteiger partial charge in [-0.1, -0.05) is 31.0 Å². The zero-order valence-electron chi connectivity index (χ0n) is 10.9. The van der Waals surface area contributed by atoms with E-state index in [2.05, 4.69) is 29.6 Å². The summed E-state index contributed by atoms with van der Waals surface area (Å²) in [6.07, 6.45) is 5.91. The van der Waals surface area contributed by atoms with Crippen molar-refractivity contribution >= 4 is 39.0 Å². The SMILES string of the molecule is O=C(CSC1CCCC1)Cc1csc2ccccc12. The van der Waals surface area contributed by atoms with Gasteiger partial charge in [-0.3, -0.25) is 4.79 Å². The smallest absolute Gasteiger partial charge is 0.147 e. The van der Waals surface area contributed by atoms with Crippen molar-refractivity contribution in [2.45, 2.75) is 37.4 Å². The summed E-state index contributed by atoms with van der Waals surface area (Å²) in [5.41, 5.74) is 1.21. The van der Waals surface area contributed by atoms with E-state index in [1.807, 2.05) is 11.8 Å². The van der Waals surface area contributed by atoms with Crippen LogP contribution >= 0.6 is 23.1 Å². The number of ketones is 1. The Morgan fingerprint density at radius 1 is 1.26 bits per heavy atom. The molecule has 1 fully saturated rings. The molecule has 1 aliphatic rings. The Bertz CT molecular complexity index is 567. The molecule has 0 N–H and O–H groups in total. The first-order valence-corrected chi connectivity index (χ1v) is 8.84. The maximum atomic E-state index is 12.1. The Balaban J connectivity index is 1.59. The predicted octanol–water partition coefficient (Wildman–Crippen LogP) is 4.69. The van der Waals surface area contributed by atoms with Crippen LogP contribution in [0.4, 0.5) is 0 Å². The number of carbonyl (C=O) groups excluding carboxylic acids is 1. The van der Waals surface area contributed by atoms with E-state index in [0.717, 1.165) is 5.25 Å². The highest BCUT2D eigenvalue weighted by Gasteiger charge is 2.17. The molecule has 0 aliphatic heterocycles. The molecule has 1 saturated carbocycles. The number of hydrogen-bond acceptors (Lipinski definition) is 3. The lowest BCUT2D eigenvalue weighted by Crippen LogP contribution is -2.08. The second-order valence-electron chi connectivity index (χ2n) is 5.19. The van der Waals surface area contributed by atoms with Gasteiger partial charge in [0.25, 0.3) is 0 Å². The lowest BCUT2D eigenvalue weighted by Gasteiger charge is -2.07. The van der Waals surface area contributed by atoms with E-state index in [1.54, 1.807) is 11.3 Å². The van der Waals surface area contributed by atoms with Gasteiger partial charge < -0.3 is 0 Å².